The van der Waals surface area contributed by atoms with Gasteiger partial charge in [0.2, 0.25) is 11.8 Å². The Balaban J connectivity index is 1.60. The Morgan fingerprint density at radius 1 is 1.24 bits per heavy atom. The number of anilines is 1. The lowest BCUT2D eigenvalue weighted by molar-refractivity contribution is -0.122. The van der Waals surface area contributed by atoms with Gasteiger partial charge in [0, 0.05) is 22.7 Å². The van der Waals surface area contributed by atoms with Gasteiger partial charge in [0.15, 0.2) is 5.17 Å². The Morgan fingerprint density at radius 2 is 1.97 bits per heavy atom. The first kappa shape index (κ1) is 21.4. The minimum atomic E-state index is -0.563. The summed E-state index contributed by atoms with van der Waals surface area (Å²) in [6, 6.07) is 10.8. The monoisotopic (exact) mass is 448 g/mol. The normalized spacial score (nSPS) is 17.7. The van der Waals surface area contributed by atoms with Gasteiger partial charge < -0.3 is 10.6 Å². The molecule has 0 unspecified atom stereocenters. The van der Waals surface area contributed by atoms with Gasteiger partial charge in [-0.25, -0.2) is 0 Å². The molecule has 1 fully saturated rings. The number of halogens is 2. The first-order valence-electron chi connectivity index (χ1n) is 8.73. The molecule has 1 saturated heterocycles. The Morgan fingerprint density at radius 3 is 2.66 bits per heavy atom. The van der Waals surface area contributed by atoms with Gasteiger partial charge in [0.1, 0.15) is 5.25 Å². The molecule has 0 radical (unpaired) electrons. The van der Waals surface area contributed by atoms with Crippen LogP contribution in [0.5, 0.6) is 0 Å². The predicted octanol–water partition coefficient (Wildman–Crippen LogP) is 4.56. The van der Waals surface area contributed by atoms with Crippen LogP contribution < -0.4 is 10.6 Å². The van der Waals surface area contributed by atoms with Gasteiger partial charge in [-0.15, -0.1) is 5.10 Å². The summed E-state index contributed by atoms with van der Waals surface area (Å²) in [5, 5.41) is 14.2. The number of nitrogens with one attached hydrogen (secondary N) is 2. The first-order chi connectivity index (χ1) is 13.8. The van der Waals surface area contributed by atoms with Gasteiger partial charge in [0.05, 0.1) is 11.2 Å². The quantitative estimate of drug-likeness (QED) is 0.519. The number of nitrogens with zero attached hydrogens (tertiary/aromatic N) is 2. The maximum Gasteiger partial charge on any atom is 0.240 e. The molecule has 1 atom stereocenters. The van der Waals surface area contributed by atoms with Crippen molar-refractivity contribution < 1.29 is 9.59 Å². The van der Waals surface area contributed by atoms with E-state index in [9.17, 15) is 9.59 Å². The number of hydrogen-bond donors (Lipinski definition) is 2. The number of benzene rings is 2. The molecule has 2 N–H and O–H groups in total. The third kappa shape index (κ3) is 5.59. The maximum absolute atomic E-state index is 12.4. The molecule has 2 aromatic rings. The number of hydrogen-bond acceptors (Lipinski definition) is 5. The number of thioether (sulfide) groups is 1. The van der Waals surface area contributed by atoms with E-state index in [1.165, 1.54) is 18.0 Å². The van der Waals surface area contributed by atoms with Crippen LogP contribution in [0.3, 0.4) is 0 Å². The van der Waals surface area contributed by atoms with Crippen LogP contribution in [0.2, 0.25) is 10.0 Å². The lowest BCUT2D eigenvalue weighted by atomic mass is 10.1. The third-order valence-corrected chi connectivity index (χ3v) is 5.84. The molecule has 150 valence electrons. The molecule has 0 aromatic heterocycles. The molecule has 2 amide bonds. The molecular formula is C20H18Cl2N4O2S. The summed E-state index contributed by atoms with van der Waals surface area (Å²) in [5.41, 5.74) is 3.37. The Bertz CT molecular complexity index is 1000. The van der Waals surface area contributed by atoms with Crippen molar-refractivity contribution in [3.05, 3.63) is 63.1 Å². The van der Waals surface area contributed by atoms with Gasteiger partial charge >= 0.3 is 0 Å². The summed E-state index contributed by atoms with van der Waals surface area (Å²) in [4.78, 5) is 24.5. The van der Waals surface area contributed by atoms with Crippen molar-refractivity contribution in [2.24, 2.45) is 10.2 Å². The maximum atomic E-state index is 12.4. The number of amides is 2. The Kier molecular flexibility index (Phi) is 6.95. The largest absolute Gasteiger partial charge is 0.326 e. The zero-order chi connectivity index (χ0) is 21.0. The SMILES string of the molecule is Cc1cccc(C)c1NC(=O)C[C@@H]1S/C(=N/N=C\c2ccc(Cl)cc2Cl)NC1=O. The highest BCUT2D eigenvalue weighted by atomic mass is 35.5. The summed E-state index contributed by atoms with van der Waals surface area (Å²) in [6.07, 6.45) is 1.51. The van der Waals surface area contributed by atoms with Crippen LogP contribution in [0.4, 0.5) is 5.69 Å². The summed E-state index contributed by atoms with van der Waals surface area (Å²) >= 11 is 13.1. The number of carbonyl (C=O) groups is 2. The average Bonchev–Trinajstić information content (AvgIpc) is 2.99. The topological polar surface area (TPSA) is 82.9 Å². The van der Waals surface area contributed by atoms with Crippen molar-refractivity contribution in [3.63, 3.8) is 0 Å². The molecule has 0 spiro atoms. The van der Waals surface area contributed by atoms with Crippen molar-refractivity contribution in [2.75, 3.05) is 5.32 Å². The van der Waals surface area contributed by atoms with Crippen molar-refractivity contribution in [1.82, 2.24) is 5.32 Å². The highest BCUT2D eigenvalue weighted by Crippen LogP contribution is 2.25. The van der Waals surface area contributed by atoms with E-state index in [-0.39, 0.29) is 18.2 Å². The van der Waals surface area contributed by atoms with Gasteiger partial charge in [-0.1, -0.05) is 59.2 Å². The van der Waals surface area contributed by atoms with Crippen LogP contribution in [-0.4, -0.2) is 28.4 Å². The van der Waals surface area contributed by atoms with Crippen LogP contribution in [0, 0.1) is 13.8 Å². The average molecular weight is 449 g/mol. The number of amidine groups is 1. The zero-order valence-corrected chi connectivity index (χ0v) is 18.0. The fourth-order valence-corrected chi connectivity index (χ4v) is 4.09. The minimum Gasteiger partial charge on any atom is -0.326 e. The summed E-state index contributed by atoms with van der Waals surface area (Å²) in [6.45, 7) is 3.85. The van der Waals surface area contributed by atoms with Crippen LogP contribution in [0.15, 0.2) is 46.6 Å². The van der Waals surface area contributed by atoms with Crippen LogP contribution in [0.25, 0.3) is 0 Å². The molecule has 3 rings (SSSR count). The molecule has 29 heavy (non-hydrogen) atoms. The molecular weight excluding hydrogens is 431 g/mol. The summed E-state index contributed by atoms with van der Waals surface area (Å²) < 4.78 is 0. The second-order valence-corrected chi connectivity index (χ2v) is 8.47. The highest BCUT2D eigenvalue weighted by molar-refractivity contribution is 8.15. The second-order valence-electron chi connectivity index (χ2n) is 6.43. The van der Waals surface area contributed by atoms with E-state index in [1.54, 1.807) is 18.2 Å². The fraction of sp³-hybridized carbons (Fsp3) is 0.200. The summed E-state index contributed by atoms with van der Waals surface area (Å²) in [7, 11) is 0. The predicted molar refractivity (Wildman–Crippen MR) is 120 cm³/mol. The molecule has 0 saturated carbocycles. The highest BCUT2D eigenvalue weighted by Gasteiger charge is 2.32. The van der Waals surface area contributed by atoms with Gasteiger partial charge in [-0.05, 0) is 37.1 Å². The lowest BCUT2D eigenvalue weighted by Gasteiger charge is -2.12. The van der Waals surface area contributed by atoms with Gasteiger partial charge in [-0.2, -0.15) is 5.10 Å². The van der Waals surface area contributed by atoms with Crippen molar-refractivity contribution in [1.29, 1.82) is 0 Å². The molecule has 0 bridgehead atoms. The van der Waals surface area contributed by atoms with Gasteiger partial charge in [-0.3, -0.25) is 9.59 Å². The number of carbonyl (C=O) groups excluding carboxylic acids is 2. The first-order valence-corrected chi connectivity index (χ1v) is 10.4. The Labute approximate surface area is 182 Å². The van der Waals surface area contributed by atoms with E-state index in [0.29, 0.717) is 20.8 Å². The Hall–Kier alpha value is -2.35. The van der Waals surface area contributed by atoms with E-state index in [0.717, 1.165) is 16.8 Å². The van der Waals surface area contributed by atoms with Crippen LogP contribution in [0.1, 0.15) is 23.1 Å². The third-order valence-electron chi connectivity index (χ3n) is 4.20. The molecule has 1 aliphatic rings. The number of rotatable bonds is 5. The molecule has 9 heteroatoms. The number of aryl methyl sites for hydroxylation is 2. The smallest absolute Gasteiger partial charge is 0.240 e. The standard InChI is InChI=1S/C20H18Cl2N4O2S/c1-11-4-3-5-12(2)18(11)24-17(27)9-16-19(28)25-20(29-16)26-23-10-13-6-7-14(21)8-15(13)22/h3-8,10,16H,9H2,1-2H3,(H,24,27)(H,25,26,28)/b23-10-/t16-/m0/s1. The number of para-hydroxylation sites is 1. The van der Waals surface area contributed by atoms with E-state index < -0.39 is 5.25 Å². The molecule has 0 aliphatic carbocycles. The molecule has 1 heterocycles. The lowest BCUT2D eigenvalue weighted by Crippen LogP contribution is -2.28. The second kappa shape index (κ2) is 9.43. The van der Waals surface area contributed by atoms with E-state index in [1.807, 2.05) is 32.0 Å². The molecule has 6 nitrogen and oxygen atoms in total. The van der Waals surface area contributed by atoms with Crippen LogP contribution >= 0.6 is 35.0 Å². The molecule has 2 aromatic carbocycles. The van der Waals surface area contributed by atoms with Crippen molar-refractivity contribution in [3.8, 4) is 0 Å². The summed E-state index contributed by atoms with van der Waals surface area (Å²) in [5.74, 6) is -0.502. The fourth-order valence-electron chi connectivity index (χ4n) is 2.71. The van der Waals surface area contributed by atoms with E-state index >= 15 is 0 Å². The van der Waals surface area contributed by atoms with Crippen molar-refractivity contribution >= 4 is 63.8 Å². The van der Waals surface area contributed by atoms with E-state index in [4.69, 9.17) is 23.2 Å². The van der Waals surface area contributed by atoms with Crippen LogP contribution in [-0.2, 0) is 9.59 Å². The van der Waals surface area contributed by atoms with Crippen molar-refractivity contribution in [2.45, 2.75) is 25.5 Å². The van der Waals surface area contributed by atoms with E-state index in [2.05, 4.69) is 20.8 Å². The molecule has 1 aliphatic heterocycles. The zero-order valence-electron chi connectivity index (χ0n) is 15.7. The minimum absolute atomic E-state index is 0.0377. The van der Waals surface area contributed by atoms with Gasteiger partial charge in [0.25, 0.3) is 0 Å².